The number of nitriles is 1. The van der Waals surface area contributed by atoms with E-state index >= 15 is 0 Å². The molecule has 1 fully saturated rings. The summed E-state index contributed by atoms with van der Waals surface area (Å²) in [5, 5.41) is 9.15. The van der Waals surface area contributed by atoms with Gasteiger partial charge in [0.2, 0.25) is 5.91 Å². The number of rotatable bonds is 3. The van der Waals surface area contributed by atoms with Gasteiger partial charge in [-0.3, -0.25) is 4.79 Å². The van der Waals surface area contributed by atoms with Crippen molar-refractivity contribution in [3.8, 4) is 6.07 Å². The second-order valence-electron chi connectivity index (χ2n) is 5.59. The standard InChI is InChI=1S/C16H21N3O/c1-13(2)11-16(20)19-9-7-18(8-10-19)15-6-4-3-5-14(15)12-17/h3-6,13H,7-11H2,1-2H3. The summed E-state index contributed by atoms with van der Waals surface area (Å²) in [4.78, 5) is 16.2. The first-order valence-electron chi connectivity index (χ1n) is 7.13. The Bertz CT molecular complexity index is 511. The molecular formula is C16H21N3O. The number of benzene rings is 1. The summed E-state index contributed by atoms with van der Waals surface area (Å²) in [6, 6.07) is 9.88. The molecule has 0 radical (unpaired) electrons. The van der Waals surface area contributed by atoms with Crippen LogP contribution in [-0.4, -0.2) is 37.0 Å². The van der Waals surface area contributed by atoms with Gasteiger partial charge in [-0.1, -0.05) is 26.0 Å². The number of para-hydroxylation sites is 1. The van der Waals surface area contributed by atoms with Gasteiger partial charge in [-0.15, -0.1) is 0 Å². The van der Waals surface area contributed by atoms with E-state index in [4.69, 9.17) is 5.26 Å². The van der Waals surface area contributed by atoms with Gasteiger partial charge < -0.3 is 9.80 Å². The third kappa shape index (κ3) is 3.30. The molecule has 4 heteroatoms. The molecule has 0 unspecified atom stereocenters. The molecule has 0 aliphatic carbocycles. The largest absolute Gasteiger partial charge is 0.367 e. The smallest absolute Gasteiger partial charge is 0.222 e. The van der Waals surface area contributed by atoms with Crippen LogP contribution >= 0.6 is 0 Å². The summed E-state index contributed by atoms with van der Waals surface area (Å²) >= 11 is 0. The normalized spacial score (nSPS) is 15.3. The van der Waals surface area contributed by atoms with Crippen LogP contribution < -0.4 is 4.90 Å². The predicted octanol–water partition coefficient (Wildman–Crippen LogP) is 2.25. The highest BCUT2D eigenvalue weighted by atomic mass is 16.2. The van der Waals surface area contributed by atoms with Gasteiger partial charge in [-0.25, -0.2) is 0 Å². The first-order valence-corrected chi connectivity index (χ1v) is 7.13. The highest BCUT2D eigenvalue weighted by molar-refractivity contribution is 5.76. The van der Waals surface area contributed by atoms with Crippen LogP contribution in [0.5, 0.6) is 0 Å². The topological polar surface area (TPSA) is 47.3 Å². The summed E-state index contributed by atoms with van der Waals surface area (Å²) in [6.07, 6.45) is 0.620. The Hall–Kier alpha value is -2.02. The quantitative estimate of drug-likeness (QED) is 0.847. The Balaban J connectivity index is 1.98. The third-order valence-corrected chi connectivity index (χ3v) is 3.58. The number of anilines is 1. The molecule has 1 aliphatic rings. The average Bonchev–Trinajstić information content (AvgIpc) is 2.46. The number of hydrogen-bond acceptors (Lipinski definition) is 3. The number of amides is 1. The third-order valence-electron chi connectivity index (χ3n) is 3.58. The number of carbonyl (C=O) groups excluding carboxylic acids is 1. The number of carbonyl (C=O) groups is 1. The second-order valence-corrected chi connectivity index (χ2v) is 5.59. The van der Waals surface area contributed by atoms with Crippen LogP contribution in [0.15, 0.2) is 24.3 Å². The number of hydrogen-bond donors (Lipinski definition) is 0. The molecule has 0 N–H and O–H groups in total. The van der Waals surface area contributed by atoms with E-state index in [1.807, 2.05) is 29.2 Å². The number of piperazine rings is 1. The molecule has 1 aromatic carbocycles. The lowest BCUT2D eigenvalue weighted by Crippen LogP contribution is -2.49. The van der Waals surface area contributed by atoms with E-state index in [0.717, 1.165) is 31.9 Å². The molecule has 2 rings (SSSR count). The Morgan fingerprint density at radius 3 is 2.50 bits per heavy atom. The van der Waals surface area contributed by atoms with Crippen molar-refractivity contribution < 1.29 is 4.79 Å². The van der Waals surface area contributed by atoms with Crippen molar-refractivity contribution in [3.05, 3.63) is 29.8 Å². The van der Waals surface area contributed by atoms with E-state index in [1.165, 1.54) is 0 Å². The van der Waals surface area contributed by atoms with Crippen molar-refractivity contribution in [1.29, 1.82) is 5.26 Å². The summed E-state index contributed by atoms with van der Waals surface area (Å²) < 4.78 is 0. The Morgan fingerprint density at radius 1 is 1.25 bits per heavy atom. The fraction of sp³-hybridized carbons (Fsp3) is 0.500. The van der Waals surface area contributed by atoms with Crippen LogP contribution in [0.2, 0.25) is 0 Å². The molecule has 1 heterocycles. The summed E-state index contributed by atoms with van der Waals surface area (Å²) in [6.45, 7) is 7.20. The molecule has 1 saturated heterocycles. The van der Waals surface area contributed by atoms with Gasteiger partial charge in [0.05, 0.1) is 11.3 Å². The summed E-state index contributed by atoms with van der Waals surface area (Å²) in [5.41, 5.74) is 1.68. The zero-order valence-electron chi connectivity index (χ0n) is 12.2. The average molecular weight is 271 g/mol. The van der Waals surface area contributed by atoms with Crippen molar-refractivity contribution in [1.82, 2.24) is 4.90 Å². The molecule has 0 spiro atoms. The highest BCUT2D eigenvalue weighted by Gasteiger charge is 2.22. The van der Waals surface area contributed by atoms with Crippen LogP contribution in [0.4, 0.5) is 5.69 Å². The molecule has 0 saturated carbocycles. The van der Waals surface area contributed by atoms with Gasteiger partial charge in [0.15, 0.2) is 0 Å². The Kier molecular flexibility index (Phi) is 4.62. The van der Waals surface area contributed by atoms with E-state index in [-0.39, 0.29) is 5.91 Å². The van der Waals surface area contributed by atoms with Gasteiger partial charge in [-0.2, -0.15) is 5.26 Å². The molecule has 1 amide bonds. The van der Waals surface area contributed by atoms with Crippen molar-refractivity contribution in [2.45, 2.75) is 20.3 Å². The molecule has 4 nitrogen and oxygen atoms in total. The van der Waals surface area contributed by atoms with E-state index in [2.05, 4.69) is 24.8 Å². The molecule has 106 valence electrons. The van der Waals surface area contributed by atoms with Crippen LogP contribution in [0, 0.1) is 17.2 Å². The van der Waals surface area contributed by atoms with Gasteiger partial charge >= 0.3 is 0 Å². The molecule has 0 aromatic heterocycles. The van der Waals surface area contributed by atoms with Crippen LogP contribution in [-0.2, 0) is 4.79 Å². The first kappa shape index (κ1) is 14.4. The zero-order valence-corrected chi connectivity index (χ0v) is 12.2. The zero-order chi connectivity index (χ0) is 14.5. The lowest BCUT2D eigenvalue weighted by atomic mass is 10.1. The fourth-order valence-corrected chi connectivity index (χ4v) is 2.52. The maximum absolute atomic E-state index is 12.0. The maximum atomic E-state index is 12.0. The first-order chi connectivity index (χ1) is 9.61. The molecule has 1 aliphatic heterocycles. The van der Waals surface area contributed by atoms with E-state index < -0.39 is 0 Å². The minimum absolute atomic E-state index is 0.244. The molecular weight excluding hydrogens is 250 g/mol. The van der Waals surface area contributed by atoms with Gasteiger partial charge in [0.25, 0.3) is 0 Å². The van der Waals surface area contributed by atoms with Crippen molar-refractivity contribution >= 4 is 11.6 Å². The lowest BCUT2D eigenvalue weighted by molar-refractivity contribution is -0.132. The Morgan fingerprint density at radius 2 is 1.90 bits per heavy atom. The molecule has 0 atom stereocenters. The summed E-state index contributed by atoms with van der Waals surface area (Å²) in [7, 11) is 0. The van der Waals surface area contributed by atoms with Crippen LogP contribution in [0.25, 0.3) is 0 Å². The van der Waals surface area contributed by atoms with Gasteiger partial charge in [0.1, 0.15) is 6.07 Å². The second kappa shape index (κ2) is 6.42. The van der Waals surface area contributed by atoms with Crippen LogP contribution in [0.1, 0.15) is 25.8 Å². The van der Waals surface area contributed by atoms with Crippen LogP contribution in [0.3, 0.4) is 0 Å². The van der Waals surface area contributed by atoms with Crippen molar-refractivity contribution in [2.24, 2.45) is 5.92 Å². The molecule has 20 heavy (non-hydrogen) atoms. The fourth-order valence-electron chi connectivity index (χ4n) is 2.52. The predicted molar refractivity (Wildman–Crippen MR) is 79.4 cm³/mol. The highest BCUT2D eigenvalue weighted by Crippen LogP contribution is 2.21. The van der Waals surface area contributed by atoms with Gasteiger partial charge in [0, 0.05) is 32.6 Å². The summed E-state index contributed by atoms with van der Waals surface area (Å²) in [5.74, 6) is 0.646. The minimum atomic E-state index is 0.244. The number of nitrogens with zero attached hydrogens (tertiary/aromatic N) is 3. The van der Waals surface area contributed by atoms with Crippen molar-refractivity contribution in [3.63, 3.8) is 0 Å². The molecule has 1 aromatic rings. The van der Waals surface area contributed by atoms with Crippen molar-refractivity contribution in [2.75, 3.05) is 31.1 Å². The van der Waals surface area contributed by atoms with E-state index in [0.29, 0.717) is 17.9 Å². The van der Waals surface area contributed by atoms with E-state index in [1.54, 1.807) is 0 Å². The maximum Gasteiger partial charge on any atom is 0.222 e. The van der Waals surface area contributed by atoms with Gasteiger partial charge in [-0.05, 0) is 18.1 Å². The minimum Gasteiger partial charge on any atom is -0.367 e. The SMILES string of the molecule is CC(C)CC(=O)N1CCN(c2ccccc2C#N)CC1. The molecule has 0 bridgehead atoms. The van der Waals surface area contributed by atoms with E-state index in [9.17, 15) is 4.79 Å². The Labute approximate surface area is 120 Å². The monoisotopic (exact) mass is 271 g/mol. The lowest BCUT2D eigenvalue weighted by Gasteiger charge is -2.36.